The highest BCUT2D eigenvalue weighted by Gasteiger charge is 2.11. The quantitative estimate of drug-likeness (QED) is 0.415. The van der Waals surface area contributed by atoms with E-state index >= 15 is 0 Å². The van der Waals surface area contributed by atoms with Gasteiger partial charge in [0.25, 0.3) is 0 Å². The fourth-order valence-corrected chi connectivity index (χ4v) is 3.05. The van der Waals surface area contributed by atoms with Crippen LogP contribution in [0.5, 0.6) is 0 Å². The van der Waals surface area contributed by atoms with Crippen LogP contribution in [0.4, 0.5) is 5.69 Å². The number of anilines is 1. The third kappa shape index (κ3) is 5.54. The number of nitrogens with zero attached hydrogens (tertiary/aromatic N) is 2. The highest BCUT2D eigenvalue weighted by Crippen LogP contribution is 2.16. The number of nitrogens with two attached hydrogens (primary N) is 1. The Labute approximate surface area is 155 Å². The number of piperazine rings is 1. The van der Waals surface area contributed by atoms with Gasteiger partial charge in [-0.2, -0.15) is 0 Å². The Morgan fingerprint density at radius 2 is 1.81 bits per heavy atom. The Kier molecular flexibility index (Phi) is 7.56. The van der Waals surface area contributed by atoms with Gasteiger partial charge in [-0.3, -0.25) is 15.2 Å². The minimum atomic E-state index is -0.179. The molecule has 1 fully saturated rings. The maximum Gasteiger partial charge on any atom is 0.238 e. The number of aryl methyl sites for hydroxylation is 2. The van der Waals surface area contributed by atoms with E-state index in [0.29, 0.717) is 6.42 Å². The molecule has 140 valence electrons. The van der Waals surface area contributed by atoms with Gasteiger partial charge in [0.2, 0.25) is 5.91 Å². The average molecular weight is 355 g/mol. The predicted octanol–water partition coefficient (Wildman–Crippen LogP) is 1.44. The molecule has 3 rings (SSSR count). The van der Waals surface area contributed by atoms with E-state index in [1.54, 1.807) is 0 Å². The Hall–Kier alpha value is -2.44. The number of aromatic nitrogens is 1. The summed E-state index contributed by atoms with van der Waals surface area (Å²) in [6, 6.07) is 12.4. The lowest BCUT2D eigenvalue weighted by Gasteiger charge is -2.29. The van der Waals surface area contributed by atoms with Gasteiger partial charge in [-0.1, -0.05) is 31.7 Å². The van der Waals surface area contributed by atoms with Gasteiger partial charge in [-0.25, -0.2) is 5.84 Å². The van der Waals surface area contributed by atoms with Crippen molar-refractivity contribution in [1.29, 1.82) is 0 Å². The second-order valence-corrected chi connectivity index (χ2v) is 6.30. The molecule has 1 aromatic carbocycles. The molecular formula is C20H29N5O. The first kappa shape index (κ1) is 19.9. The second kappa shape index (κ2) is 9.89. The minimum Gasteiger partial charge on any atom is -0.369 e. The molecule has 0 radical (unpaired) electrons. The van der Waals surface area contributed by atoms with E-state index in [0.717, 1.165) is 50.3 Å². The molecule has 0 atom stereocenters. The van der Waals surface area contributed by atoms with Crippen molar-refractivity contribution >= 4 is 11.6 Å². The molecule has 2 aromatic rings. The summed E-state index contributed by atoms with van der Waals surface area (Å²) in [5, 5.41) is 3.38. The number of carbonyl (C=O) groups is 1. The standard InChI is InChI=1S/C19H25N5O.CH4/c20-23-19(25)13-16-3-1-15(2-4-16)5-6-17-14-18(7-8-22-17)24-11-9-21-10-12-24;/h1-4,7-8,14,21H,5-6,9-13,20H2,(H,23,25);1H4. The Morgan fingerprint density at radius 3 is 2.50 bits per heavy atom. The van der Waals surface area contributed by atoms with Crippen LogP contribution >= 0.6 is 0 Å². The van der Waals surface area contributed by atoms with Crippen LogP contribution in [-0.4, -0.2) is 37.1 Å². The monoisotopic (exact) mass is 355 g/mol. The van der Waals surface area contributed by atoms with Crippen molar-refractivity contribution < 1.29 is 4.79 Å². The molecule has 1 aliphatic heterocycles. The van der Waals surface area contributed by atoms with Crippen molar-refractivity contribution in [2.75, 3.05) is 31.1 Å². The molecule has 1 aromatic heterocycles. The molecule has 1 saturated heterocycles. The van der Waals surface area contributed by atoms with Crippen LogP contribution in [0.25, 0.3) is 0 Å². The first-order valence-electron chi connectivity index (χ1n) is 8.72. The Bertz CT molecular complexity index is 696. The zero-order valence-corrected chi connectivity index (χ0v) is 14.4. The first-order valence-corrected chi connectivity index (χ1v) is 8.72. The number of nitrogens with one attached hydrogen (secondary N) is 2. The van der Waals surface area contributed by atoms with Crippen LogP contribution in [-0.2, 0) is 24.1 Å². The maximum absolute atomic E-state index is 11.3. The molecule has 0 spiro atoms. The van der Waals surface area contributed by atoms with Gasteiger partial charge in [0.15, 0.2) is 0 Å². The third-order valence-corrected chi connectivity index (χ3v) is 4.50. The Balaban J connectivity index is 0.00000243. The zero-order chi connectivity index (χ0) is 17.5. The fourth-order valence-electron chi connectivity index (χ4n) is 3.05. The predicted molar refractivity (Wildman–Crippen MR) is 106 cm³/mol. The lowest BCUT2D eigenvalue weighted by molar-refractivity contribution is -0.120. The van der Waals surface area contributed by atoms with Crippen LogP contribution in [0.15, 0.2) is 42.6 Å². The molecule has 0 unspecified atom stereocenters. The molecule has 1 aliphatic rings. The summed E-state index contributed by atoms with van der Waals surface area (Å²) in [4.78, 5) is 18.2. The molecule has 0 aliphatic carbocycles. The van der Waals surface area contributed by atoms with Crippen molar-refractivity contribution in [2.24, 2.45) is 5.84 Å². The maximum atomic E-state index is 11.3. The summed E-state index contributed by atoms with van der Waals surface area (Å²) in [7, 11) is 0. The smallest absolute Gasteiger partial charge is 0.238 e. The fraction of sp³-hybridized carbons (Fsp3) is 0.400. The van der Waals surface area contributed by atoms with Gasteiger partial charge in [0.1, 0.15) is 0 Å². The third-order valence-electron chi connectivity index (χ3n) is 4.50. The number of benzene rings is 1. The molecule has 26 heavy (non-hydrogen) atoms. The molecular weight excluding hydrogens is 326 g/mol. The SMILES string of the molecule is C.NNC(=O)Cc1ccc(CCc2cc(N3CCNCC3)ccn2)cc1. The van der Waals surface area contributed by atoms with Crippen LogP contribution in [0.3, 0.4) is 0 Å². The molecule has 0 saturated carbocycles. The lowest BCUT2D eigenvalue weighted by atomic mass is 10.0. The van der Waals surface area contributed by atoms with Crippen LogP contribution in [0.1, 0.15) is 24.2 Å². The number of amides is 1. The number of carbonyl (C=O) groups excluding carboxylic acids is 1. The van der Waals surface area contributed by atoms with E-state index in [9.17, 15) is 4.79 Å². The summed E-state index contributed by atoms with van der Waals surface area (Å²) in [6.45, 7) is 4.15. The van der Waals surface area contributed by atoms with E-state index in [1.165, 1.54) is 11.3 Å². The van der Waals surface area contributed by atoms with Gasteiger partial charge in [-0.15, -0.1) is 0 Å². The molecule has 2 heterocycles. The van der Waals surface area contributed by atoms with Crippen LogP contribution in [0, 0.1) is 0 Å². The zero-order valence-electron chi connectivity index (χ0n) is 14.4. The number of hydrogen-bond acceptors (Lipinski definition) is 5. The van der Waals surface area contributed by atoms with Crippen molar-refractivity contribution in [3.8, 4) is 0 Å². The number of hydrogen-bond donors (Lipinski definition) is 3. The largest absolute Gasteiger partial charge is 0.369 e. The van der Waals surface area contributed by atoms with E-state index in [4.69, 9.17) is 5.84 Å². The normalized spacial score (nSPS) is 13.8. The van der Waals surface area contributed by atoms with Crippen LogP contribution in [0.2, 0.25) is 0 Å². The van der Waals surface area contributed by atoms with Gasteiger partial charge < -0.3 is 10.2 Å². The number of rotatable bonds is 6. The van der Waals surface area contributed by atoms with Crippen LogP contribution < -0.4 is 21.5 Å². The van der Waals surface area contributed by atoms with E-state index < -0.39 is 0 Å². The summed E-state index contributed by atoms with van der Waals surface area (Å²) in [5.74, 6) is 4.94. The van der Waals surface area contributed by atoms with Gasteiger partial charge in [0.05, 0.1) is 6.42 Å². The second-order valence-electron chi connectivity index (χ2n) is 6.30. The van der Waals surface area contributed by atoms with E-state index in [2.05, 4.69) is 44.9 Å². The van der Waals surface area contributed by atoms with Gasteiger partial charge in [0, 0.05) is 43.8 Å². The van der Waals surface area contributed by atoms with E-state index in [-0.39, 0.29) is 13.3 Å². The summed E-state index contributed by atoms with van der Waals surface area (Å²) < 4.78 is 0. The lowest BCUT2D eigenvalue weighted by Crippen LogP contribution is -2.43. The average Bonchev–Trinajstić information content (AvgIpc) is 2.68. The summed E-state index contributed by atoms with van der Waals surface area (Å²) in [5.41, 5.74) is 6.73. The van der Waals surface area contributed by atoms with Gasteiger partial charge >= 0.3 is 0 Å². The topological polar surface area (TPSA) is 83.3 Å². The molecule has 6 nitrogen and oxygen atoms in total. The molecule has 6 heteroatoms. The van der Waals surface area contributed by atoms with E-state index in [1.807, 2.05) is 18.3 Å². The number of pyridine rings is 1. The number of hydrazine groups is 1. The highest BCUT2D eigenvalue weighted by molar-refractivity contribution is 5.77. The van der Waals surface area contributed by atoms with Gasteiger partial charge in [-0.05, 0) is 36.1 Å². The minimum absolute atomic E-state index is 0. The molecule has 1 amide bonds. The Morgan fingerprint density at radius 1 is 1.12 bits per heavy atom. The van der Waals surface area contributed by atoms with Crippen molar-refractivity contribution in [2.45, 2.75) is 26.7 Å². The van der Waals surface area contributed by atoms with Crippen molar-refractivity contribution in [1.82, 2.24) is 15.7 Å². The van der Waals surface area contributed by atoms with Crippen molar-refractivity contribution in [3.05, 3.63) is 59.4 Å². The highest BCUT2D eigenvalue weighted by atomic mass is 16.2. The molecule has 0 bridgehead atoms. The molecule has 4 N–H and O–H groups in total. The van der Waals surface area contributed by atoms with Crippen molar-refractivity contribution in [3.63, 3.8) is 0 Å². The summed E-state index contributed by atoms with van der Waals surface area (Å²) >= 11 is 0. The first-order chi connectivity index (χ1) is 12.2. The summed E-state index contributed by atoms with van der Waals surface area (Å²) in [6.07, 6.45) is 4.05.